The van der Waals surface area contributed by atoms with Crippen molar-refractivity contribution in [1.29, 1.82) is 0 Å². The maximum atomic E-state index is 12.1. The highest BCUT2D eigenvalue weighted by Crippen LogP contribution is 2.13. The number of rotatable bonds is 9. The summed E-state index contributed by atoms with van der Waals surface area (Å²) >= 11 is 0. The molecular formula is C20H25N3O5. The molecule has 0 bridgehead atoms. The van der Waals surface area contributed by atoms with Gasteiger partial charge in [0.05, 0.1) is 23.6 Å². The molecule has 1 amide bonds. The lowest BCUT2D eigenvalue weighted by atomic mass is 10.2. The number of carbonyl (C=O) groups excluding carboxylic acids is 3. The quantitative estimate of drug-likeness (QED) is 0.523. The van der Waals surface area contributed by atoms with E-state index in [4.69, 9.17) is 9.47 Å². The van der Waals surface area contributed by atoms with Crippen molar-refractivity contribution in [3.63, 3.8) is 0 Å². The number of benzene rings is 1. The number of nitrogens with one attached hydrogen (secondary N) is 1. The summed E-state index contributed by atoms with van der Waals surface area (Å²) in [4.78, 5) is 35.0. The van der Waals surface area contributed by atoms with Gasteiger partial charge in [-0.05, 0) is 57.5 Å². The Morgan fingerprint density at radius 3 is 2.43 bits per heavy atom. The largest absolute Gasteiger partial charge is 0.466 e. The second-order valence-electron chi connectivity index (χ2n) is 6.22. The summed E-state index contributed by atoms with van der Waals surface area (Å²) in [6, 6.07) is 8.77. The third kappa shape index (κ3) is 6.22. The number of amides is 1. The van der Waals surface area contributed by atoms with Crippen LogP contribution in [0.4, 0.5) is 0 Å². The van der Waals surface area contributed by atoms with Crippen LogP contribution in [-0.2, 0) is 19.1 Å². The Hall–Kier alpha value is -3.16. The van der Waals surface area contributed by atoms with Crippen LogP contribution in [0.25, 0.3) is 5.69 Å². The van der Waals surface area contributed by atoms with Crippen LogP contribution in [0.3, 0.4) is 0 Å². The number of ether oxygens (including phenoxy) is 2. The molecule has 1 aromatic carbocycles. The van der Waals surface area contributed by atoms with Crippen molar-refractivity contribution in [2.24, 2.45) is 0 Å². The van der Waals surface area contributed by atoms with Crippen LogP contribution >= 0.6 is 0 Å². The Morgan fingerprint density at radius 2 is 1.82 bits per heavy atom. The summed E-state index contributed by atoms with van der Waals surface area (Å²) in [5, 5.41) is 6.98. The zero-order chi connectivity index (χ0) is 20.5. The fourth-order valence-electron chi connectivity index (χ4n) is 2.59. The fourth-order valence-corrected chi connectivity index (χ4v) is 2.59. The Kier molecular flexibility index (Phi) is 7.74. The van der Waals surface area contributed by atoms with E-state index in [1.807, 2.05) is 19.9 Å². The third-order valence-corrected chi connectivity index (χ3v) is 3.88. The number of aryl methyl sites for hydroxylation is 2. The molecule has 0 aliphatic rings. The van der Waals surface area contributed by atoms with Crippen LogP contribution < -0.4 is 5.32 Å². The second kappa shape index (κ2) is 10.2. The maximum Gasteiger partial charge on any atom is 0.338 e. The maximum absolute atomic E-state index is 12.1. The average molecular weight is 387 g/mol. The molecule has 0 saturated heterocycles. The van der Waals surface area contributed by atoms with E-state index in [-0.39, 0.29) is 19.0 Å². The molecule has 0 unspecified atom stereocenters. The average Bonchev–Trinajstić information content (AvgIpc) is 3.01. The van der Waals surface area contributed by atoms with Crippen LogP contribution in [0, 0.1) is 13.8 Å². The molecule has 1 aromatic heterocycles. The molecule has 2 rings (SSSR count). The lowest BCUT2D eigenvalue weighted by Gasteiger charge is -2.08. The van der Waals surface area contributed by atoms with E-state index in [2.05, 4.69) is 10.4 Å². The molecule has 0 aliphatic carbocycles. The van der Waals surface area contributed by atoms with Crippen molar-refractivity contribution < 1.29 is 23.9 Å². The van der Waals surface area contributed by atoms with Crippen LogP contribution in [0.1, 0.15) is 41.5 Å². The van der Waals surface area contributed by atoms with Crippen LogP contribution in [0.5, 0.6) is 0 Å². The molecule has 1 heterocycles. The van der Waals surface area contributed by atoms with Crippen molar-refractivity contribution in [2.75, 3.05) is 19.8 Å². The predicted molar refractivity (Wildman–Crippen MR) is 102 cm³/mol. The van der Waals surface area contributed by atoms with Crippen LogP contribution in [-0.4, -0.2) is 47.4 Å². The van der Waals surface area contributed by atoms with Gasteiger partial charge in [-0.25, -0.2) is 9.48 Å². The van der Waals surface area contributed by atoms with Crippen molar-refractivity contribution >= 4 is 17.8 Å². The van der Waals surface area contributed by atoms with Gasteiger partial charge in [0.1, 0.15) is 0 Å². The summed E-state index contributed by atoms with van der Waals surface area (Å²) in [5.41, 5.74) is 3.09. The van der Waals surface area contributed by atoms with Gasteiger partial charge in [-0.1, -0.05) is 0 Å². The third-order valence-electron chi connectivity index (χ3n) is 3.88. The molecule has 1 N–H and O–H groups in total. The minimum atomic E-state index is -0.582. The zero-order valence-corrected chi connectivity index (χ0v) is 16.4. The molecule has 0 saturated carbocycles. The number of hydrogen-bond acceptors (Lipinski definition) is 6. The van der Waals surface area contributed by atoms with Crippen LogP contribution in [0.2, 0.25) is 0 Å². The van der Waals surface area contributed by atoms with Crippen molar-refractivity contribution in [1.82, 2.24) is 15.1 Å². The summed E-state index contributed by atoms with van der Waals surface area (Å²) in [7, 11) is 0. The lowest BCUT2D eigenvalue weighted by Crippen LogP contribution is -2.30. The van der Waals surface area contributed by atoms with Gasteiger partial charge in [0.15, 0.2) is 6.61 Å². The Balaban J connectivity index is 1.76. The van der Waals surface area contributed by atoms with Gasteiger partial charge in [-0.15, -0.1) is 0 Å². The normalized spacial score (nSPS) is 10.4. The van der Waals surface area contributed by atoms with E-state index < -0.39 is 11.9 Å². The summed E-state index contributed by atoms with van der Waals surface area (Å²) in [6.45, 7) is 5.87. The monoisotopic (exact) mass is 387 g/mol. The van der Waals surface area contributed by atoms with Gasteiger partial charge in [-0.2, -0.15) is 5.10 Å². The van der Waals surface area contributed by atoms with Gasteiger partial charge in [0.2, 0.25) is 0 Å². The highest BCUT2D eigenvalue weighted by molar-refractivity contribution is 5.91. The minimum Gasteiger partial charge on any atom is -0.466 e. The topological polar surface area (TPSA) is 99.5 Å². The predicted octanol–water partition coefficient (Wildman–Crippen LogP) is 2.11. The molecule has 2 aromatic rings. The molecular weight excluding hydrogens is 362 g/mol. The molecule has 0 fully saturated rings. The summed E-state index contributed by atoms with van der Waals surface area (Å²) in [6.07, 6.45) is 0.696. The van der Waals surface area contributed by atoms with Gasteiger partial charge in [0, 0.05) is 18.7 Å². The number of aromatic nitrogens is 2. The SMILES string of the molecule is CCOC(=O)CCCNC(=O)COC(=O)c1ccc(-n2nc(C)cc2C)cc1. The first-order valence-corrected chi connectivity index (χ1v) is 9.14. The van der Waals surface area contributed by atoms with E-state index in [0.29, 0.717) is 25.1 Å². The highest BCUT2D eigenvalue weighted by Gasteiger charge is 2.11. The summed E-state index contributed by atoms with van der Waals surface area (Å²) in [5.74, 6) is -1.30. The Labute approximate surface area is 163 Å². The fraction of sp³-hybridized carbons (Fsp3) is 0.400. The van der Waals surface area contributed by atoms with E-state index in [1.165, 1.54) is 0 Å². The zero-order valence-electron chi connectivity index (χ0n) is 16.4. The van der Waals surface area contributed by atoms with E-state index in [9.17, 15) is 14.4 Å². The molecule has 28 heavy (non-hydrogen) atoms. The molecule has 8 nitrogen and oxygen atoms in total. The first-order valence-electron chi connectivity index (χ1n) is 9.14. The van der Waals surface area contributed by atoms with Crippen molar-refractivity contribution in [3.8, 4) is 5.69 Å². The molecule has 0 aliphatic heterocycles. The number of carbonyl (C=O) groups is 3. The highest BCUT2D eigenvalue weighted by atomic mass is 16.5. The van der Waals surface area contributed by atoms with Gasteiger partial charge in [-0.3, -0.25) is 9.59 Å². The standard InChI is InChI=1S/C20H25N3O5/c1-4-27-19(25)6-5-11-21-18(24)13-28-20(26)16-7-9-17(10-8-16)23-15(3)12-14(2)22-23/h7-10,12H,4-6,11,13H2,1-3H3,(H,21,24). The summed E-state index contributed by atoms with van der Waals surface area (Å²) < 4.78 is 11.6. The van der Waals surface area contributed by atoms with Gasteiger partial charge >= 0.3 is 11.9 Å². The minimum absolute atomic E-state index is 0.232. The lowest BCUT2D eigenvalue weighted by molar-refractivity contribution is -0.143. The van der Waals surface area contributed by atoms with E-state index in [0.717, 1.165) is 17.1 Å². The first-order chi connectivity index (χ1) is 13.4. The van der Waals surface area contributed by atoms with E-state index >= 15 is 0 Å². The van der Waals surface area contributed by atoms with Gasteiger partial charge in [0.25, 0.3) is 5.91 Å². The van der Waals surface area contributed by atoms with Crippen molar-refractivity contribution in [2.45, 2.75) is 33.6 Å². The van der Waals surface area contributed by atoms with Gasteiger partial charge < -0.3 is 14.8 Å². The van der Waals surface area contributed by atoms with Crippen LogP contribution in [0.15, 0.2) is 30.3 Å². The van der Waals surface area contributed by atoms with Crippen molar-refractivity contribution in [3.05, 3.63) is 47.3 Å². The molecule has 150 valence electrons. The second-order valence-corrected chi connectivity index (χ2v) is 6.22. The Bertz CT molecular complexity index is 827. The number of esters is 2. The molecule has 0 spiro atoms. The molecule has 0 radical (unpaired) electrons. The first kappa shape index (κ1) is 21.1. The number of nitrogens with zero attached hydrogens (tertiary/aromatic N) is 2. The van der Waals surface area contributed by atoms with E-state index in [1.54, 1.807) is 35.9 Å². The number of hydrogen-bond donors (Lipinski definition) is 1. The Morgan fingerprint density at radius 1 is 1.11 bits per heavy atom. The molecule has 8 heteroatoms. The smallest absolute Gasteiger partial charge is 0.338 e. The molecule has 0 atom stereocenters.